The highest BCUT2D eigenvalue weighted by Crippen LogP contribution is 2.25. The summed E-state index contributed by atoms with van der Waals surface area (Å²) in [5, 5.41) is 12.5. The summed E-state index contributed by atoms with van der Waals surface area (Å²) in [6, 6.07) is 7.59. The fraction of sp³-hybridized carbons (Fsp3) is 0.333. The number of aryl methyl sites for hydroxylation is 2. The minimum absolute atomic E-state index is 0.153. The van der Waals surface area contributed by atoms with Gasteiger partial charge in [-0.3, -0.25) is 0 Å². The van der Waals surface area contributed by atoms with Gasteiger partial charge in [0, 0.05) is 42.3 Å². The third kappa shape index (κ3) is 3.32. The molecule has 1 aliphatic heterocycles. The molecule has 0 bridgehead atoms. The first kappa shape index (κ1) is 16.7. The Balaban J connectivity index is 1.47. The normalized spacial score (nSPS) is 12.8. The van der Waals surface area contributed by atoms with Crippen LogP contribution in [0.4, 0.5) is 10.5 Å². The van der Waals surface area contributed by atoms with Gasteiger partial charge in [-0.2, -0.15) is 0 Å². The van der Waals surface area contributed by atoms with Gasteiger partial charge in [0.1, 0.15) is 5.82 Å². The Hall–Kier alpha value is -2.74. The number of nitrogens with one attached hydrogen (secondary N) is 1. The molecule has 0 saturated carbocycles. The summed E-state index contributed by atoms with van der Waals surface area (Å²) in [7, 11) is 1.78. The molecule has 8 heteroatoms. The second-order valence-electron chi connectivity index (χ2n) is 6.41. The van der Waals surface area contributed by atoms with E-state index < -0.39 is 0 Å². The van der Waals surface area contributed by atoms with Gasteiger partial charge in [0.05, 0.1) is 11.6 Å². The third-order valence-electron chi connectivity index (χ3n) is 4.39. The van der Waals surface area contributed by atoms with Gasteiger partial charge in [0.15, 0.2) is 5.82 Å². The van der Waals surface area contributed by atoms with Gasteiger partial charge in [-0.1, -0.05) is 12.1 Å². The zero-order valence-corrected chi connectivity index (χ0v) is 15.6. The van der Waals surface area contributed by atoms with Crippen molar-refractivity contribution in [1.29, 1.82) is 0 Å². The van der Waals surface area contributed by atoms with Gasteiger partial charge in [-0.25, -0.2) is 9.78 Å². The van der Waals surface area contributed by atoms with Gasteiger partial charge >= 0.3 is 6.03 Å². The topological polar surface area (TPSA) is 75.9 Å². The Labute approximate surface area is 155 Å². The lowest BCUT2D eigenvalue weighted by molar-refractivity contribution is 0.221. The van der Waals surface area contributed by atoms with Crippen LogP contribution in [0.15, 0.2) is 30.5 Å². The van der Waals surface area contributed by atoms with Crippen LogP contribution in [0.3, 0.4) is 0 Å². The van der Waals surface area contributed by atoms with Gasteiger partial charge in [0.25, 0.3) is 0 Å². The second kappa shape index (κ2) is 6.87. The van der Waals surface area contributed by atoms with Crippen molar-refractivity contribution in [3.8, 4) is 11.4 Å². The molecule has 0 fully saturated rings. The summed E-state index contributed by atoms with van der Waals surface area (Å²) in [5.74, 6) is 1.90. The molecule has 0 spiro atoms. The zero-order chi connectivity index (χ0) is 18.1. The Morgan fingerprint density at radius 1 is 1.38 bits per heavy atom. The number of amides is 2. The summed E-state index contributed by atoms with van der Waals surface area (Å²) in [6.07, 6.45) is 3.90. The molecular weight excluding hydrogens is 348 g/mol. The van der Waals surface area contributed by atoms with Crippen LogP contribution in [0.2, 0.25) is 0 Å². The molecular formula is C18H20N6OS. The number of hydrogen-bond acceptors (Lipinski definition) is 5. The summed E-state index contributed by atoms with van der Waals surface area (Å²) in [6.45, 7) is 3.45. The second-order valence-corrected chi connectivity index (χ2v) is 7.73. The molecule has 0 saturated heterocycles. The fourth-order valence-electron chi connectivity index (χ4n) is 3.10. The van der Waals surface area contributed by atoms with Crippen LogP contribution in [0, 0.1) is 6.92 Å². The van der Waals surface area contributed by atoms with E-state index in [-0.39, 0.29) is 6.03 Å². The molecule has 4 rings (SSSR count). The van der Waals surface area contributed by atoms with Crippen molar-refractivity contribution in [2.75, 3.05) is 12.4 Å². The van der Waals surface area contributed by atoms with Gasteiger partial charge in [-0.05, 0) is 25.5 Å². The first-order valence-corrected chi connectivity index (χ1v) is 9.38. The highest BCUT2D eigenvalue weighted by Gasteiger charge is 2.19. The Kier molecular flexibility index (Phi) is 4.42. The van der Waals surface area contributed by atoms with Crippen LogP contribution in [-0.2, 0) is 19.5 Å². The summed E-state index contributed by atoms with van der Waals surface area (Å²) in [4.78, 5) is 19.4. The van der Waals surface area contributed by atoms with Gasteiger partial charge in [0.2, 0.25) is 0 Å². The Morgan fingerprint density at radius 3 is 3.08 bits per heavy atom. The van der Waals surface area contributed by atoms with Crippen LogP contribution in [0.25, 0.3) is 11.4 Å². The number of thiazole rings is 1. The molecule has 0 radical (unpaired) electrons. The monoisotopic (exact) mass is 368 g/mol. The van der Waals surface area contributed by atoms with Crippen molar-refractivity contribution in [2.24, 2.45) is 0 Å². The van der Waals surface area contributed by atoms with Crippen molar-refractivity contribution in [3.05, 3.63) is 46.2 Å². The van der Waals surface area contributed by atoms with Crippen molar-refractivity contribution in [3.63, 3.8) is 0 Å². The molecule has 0 aliphatic carbocycles. The SMILES string of the molecule is Cc1ncc(CN(C)C(=O)Nc2cccc(-c3nnc4n3CCC4)c2)s1. The van der Waals surface area contributed by atoms with E-state index in [1.54, 1.807) is 23.3 Å². The summed E-state index contributed by atoms with van der Waals surface area (Å²) >= 11 is 1.60. The summed E-state index contributed by atoms with van der Waals surface area (Å²) < 4.78 is 2.15. The lowest BCUT2D eigenvalue weighted by Gasteiger charge is -2.17. The Bertz CT molecular complexity index is 947. The third-order valence-corrected chi connectivity index (χ3v) is 5.29. The number of carbonyl (C=O) groups excluding carboxylic acids is 1. The quantitative estimate of drug-likeness (QED) is 0.766. The maximum absolute atomic E-state index is 12.5. The van der Waals surface area contributed by atoms with Crippen molar-refractivity contribution in [2.45, 2.75) is 32.9 Å². The smallest absolute Gasteiger partial charge is 0.321 e. The average molecular weight is 368 g/mol. The number of benzene rings is 1. The van der Waals surface area contributed by atoms with Crippen LogP contribution in [0.1, 0.15) is 22.1 Å². The lowest BCUT2D eigenvalue weighted by atomic mass is 10.2. The molecule has 1 N–H and O–H groups in total. The lowest BCUT2D eigenvalue weighted by Crippen LogP contribution is -2.30. The van der Waals surface area contributed by atoms with Crippen molar-refractivity contribution < 1.29 is 4.79 Å². The number of fused-ring (bicyclic) bond motifs is 1. The number of hydrogen-bond donors (Lipinski definition) is 1. The molecule has 26 heavy (non-hydrogen) atoms. The van der Waals surface area contributed by atoms with Crippen molar-refractivity contribution >= 4 is 23.1 Å². The number of carbonyl (C=O) groups is 1. The minimum Gasteiger partial charge on any atom is -0.322 e. The molecule has 1 aliphatic rings. The largest absolute Gasteiger partial charge is 0.322 e. The van der Waals surface area contributed by atoms with E-state index in [0.29, 0.717) is 6.54 Å². The van der Waals surface area contributed by atoms with Gasteiger partial charge in [-0.15, -0.1) is 21.5 Å². The maximum atomic E-state index is 12.5. The number of urea groups is 1. The number of anilines is 1. The minimum atomic E-state index is -0.153. The molecule has 2 amide bonds. The van der Waals surface area contributed by atoms with Gasteiger partial charge < -0.3 is 14.8 Å². The van der Waals surface area contributed by atoms with E-state index in [2.05, 4.69) is 25.1 Å². The molecule has 2 aromatic heterocycles. The molecule has 0 unspecified atom stereocenters. The molecule has 1 aromatic carbocycles. The van der Waals surface area contributed by atoms with E-state index in [1.165, 1.54) is 0 Å². The first-order chi connectivity index (χ1) is 12.6. The molecule has 3 heterocycles. The van der Waals surface area contributed by atoms with E-state index in [0.717, 1.165) is 52.2 Å². The van der Waals surface area contributed by atoms with E-state index in [9.17, 15) is 4.79 Å². The highest BCUT2D eigenvalue weighted by atomic mass is 32.1. The molecule has 7 nitrogen and oxygen atoms in total. The van der Waals surface area contributed by atoms with E-state index in [4.69, 9.17) is 0 Å². The van der Waals surface area contributed by atoms with E-state index >= 15 is 0 Å². The first-order valence-electron chi connectivity index (χ1n) is 8.56. The standard InChI is InChI=1S/C18H20N6OS/c1-12-19-10-15(26-12)11-23(2)18(25)20-14-6-3-5-13(9-14)17-22-21-16-7-4-8-24(16)17/h3,5-6,9-10H,4,7-8,11H2,1-2H3,(H,20,25). The molecule has 3 aromatic rings. The zero-order valence-electron chi connectivity index (χ0n) is 14.8. The predicted molar refractivity (Wildman–Crippen MR) is 101 cm³/mol. The predicted octanol–water partition coefficient (Wildman–Crippen LogP) is 3.32. The number of aromatic nitrogens is 4. The maximum Gasteiger partial charge on any atom is 0.321 e. The molecule has 0 atom stereocenters. The number of rotatable bonds is 4. The van der Waals surface area contributed by atoms with Crippen LogP contribution in [-0.4, -0.2) is 37.7 Å². The summed E-state index contributed by atoms with van der Waals surface area (Å²) in [5.41, 5.74) is 1.71. The fourth-order valence-corrected chi connectivity index (χ4v) is 3.95. The van der Waals surface area contributed by atoms with Crippen LogP contribution in [0.5, 0.6) is 0 Å². The highest BCUT2D eigenvalue weighted by molar-refractivity contribution is 7.11. The van der Waals surface area contributed by atoms with Crippen LogP contribution >= 0.6 is 11.3 Å². The van der Waals surface area contributed by atoms with Crippen molar-refractivity contribution in [1.82, 2.24) is 24.6 Å². The number of nitrogens with zero attached hydrogens (tertiary/aromatic N) is 5. The Morgan fingerprint density at radius 2 is 2.27 bits per heavy atom. The van der Waals surface area contributed by atoms with E-state index in [1.807, 2.05) is 37.4 Å². The average Bonchev–Trinajstić information content (AvgIpc) is 3.32. The molecule has 134 valence electrons. The van der Waals surface area contributed by atoms with Crippen LogP contribution < -0.4 is 5.32 Å².